The highest BCUT2D eigenvalue weighted by Gasteiger charge is 2.50. The Bertz CT molecular complexity index is 208. The highest BCUT2D eigenvalue weighted by atomic mass is 16.7. The van der Waals surface area contributed by atoms with Crippen LogP contribution in [0, 0.1) is 18.3 Å². The van der Waals surface area contributed by atoms with E-state index in [0.29, 0.717) is 6.61 Å². The third kappa shape index (κ3) is 0.875. The second-order valence-electron chi connectivity index (χ2n) is 3.01. The van der Waals surface area contributed by atoms with Crippen LogP contribution in [0.4, 0.5) is 0 Å². The summed E-state index contributed by atoms with van der Waals surface area (Å²) in [6.07, 6.45) is 5.72. The molecule has 0 radical (unpaired) electrons. The molecular formula is C8H10O3. The Morgan fingerprint density at radius 3 is 3.09 bits per heavy atom. The van der Waals surface area contributed by atoms with Crippen molar-refractivity contribution < 1.29 is 14.6 Å². The normalized spacial score (nSPS) is 48.7. The van der Waals surface area contributed by atoms with E-state index in [1.165, 1.54) is 0 Å². The predicted octanol–water partition coefficient (Wildman–Crippen LogP) is -0.257. The molecule has 0 aromatic rings. The first-order chi connectivity index (χ1) is 5.26. The number of fused-ring (bicyclic) bond motifs is 1. The van der Waals surface area contributed by atoms with Gasteiger partial charge in [-0.05, 0) is 6.42 Å². The van der Waals surface area contributed by atoms with Crippen LogP contribution in [0.15, 0.2) is 0 Å². The monoisotopic (exact) mass is 154 g/mol. The Labute approximate surface area is 65.3 Å². The fourth-order valence-electron chi connectivity index (χ4n) is 1.66. The molecule has 2 saturated heterocycles. The third-order valence-corrected chi connectivity index (χ3v) is 2.37. The van der Waals surface area contributed by atoms with Crippen LogP contribution in [0.3, 0.4) is 0 Å². The van der Waals surface area contributed by atoms with Gasteiger partial charge < -0.3 is 14.6 Å². The maximum atomic E-state index is 9.73. The van der Waals surface area contributed by atoms with E-state index in [2.05, 4.69) is 5.92 Å². The molecule has 0 aliphatic carbocycles. The van der Waals surface area contributed by atoms with Crippen molar-refractivity contribution in [3.8, 4) is 12.3 Å². The molecule has 3 heteroatoms. The number of hydrogen-bond acceptors (Lipinski definition) is 3. The molecule has 2 rings (SSSR count). The van der Waals surface area contributed by atoms with E-state index in [9.17, 15) is 5.11 Å². The zero-order valence-corrected chi connectivity index (χ0v) is 6.12. The molecule has 0 spiro atoms. The van der Waals surface area contributed by atoms with Crippen molar-refractivity contribution >= 4 is 0 Å². The van der Waals surface area contributed by atoms with Gasteiger partial charge in [0.25, 0.3) is 0 Å². The molecule has 3 nitrogen and oxygen atoms in total. The molecule has 2 heterocycles. The van der Waals surface area contributed by atoms with Crippen LogP contribution in [0.2, 0.25) is 0 Å². The summed E-state index contributed by atoms with van der Waals surface area (Å²) in [5.74, 6) is 2.34. The van der Waals surface area contributed by atoms with Crippen molar-refractivity contribution in [3.63, 3.8) is 0 Å². The maximum Gasteiger partial charge on any atom is 0.164 e. The molecule has 2 fully saturated rings. The second-order valence-corrected chi connectivity index (χ2v) is 3.01. The van der Waals surface area contributed by atoms with Gasteiger partial charge in [-0.1, -0.05) is 5.92 Å². The highest BCUT2D eigenvalue weighted by Crippen LogP contribution is 2.37. The van der Waals surface area contributed by atoms with Gasteiger partial charge in [0.05, 0.1) is 19.1 Å². The minimum atomic E-state index is -1.08. The number of terminal acetylenes is 1. The first kappa shape index (κ1) is 7.11. The van der Waals surface area contributed by atoms with Crippen LogP contribution in [0.5, 0.6) is 0 Å². The minimum Gasteiger partial charge on any atom is -0.375 e. The van der Waals surface area contributed by atoms with Crippen LogP contribution >= 0.6 is 0 Å². The topological polar surface area (TPSA) is 38.7 Å². The summed E-state index contributed by atoms with van der Waals surface area (Å²) in [6, 6.07) is 0. The van der Waals surface area contributed by atoms with Crippen molar-refractivity contribution in [2.24, 2.45) is 5.92 Å². The van der Waals surface area contributed by atoms with E-state index in [-0.39, 0.29) is 18.8 Å². The number of aliphatic hydroxyl groups is 1. The largest absolute Gasteiger partial charge is 0.375 e. The van der Waals surface area contributed by atoms with Gasteiger partial charge in [0.1, 0.15) is 0 Å². The van der Waals surface area contributed by atoms with Gasteiger partial charge in [0.2, 0.25) is 0 Å². The lowest BCUT2D eigenvalue weighted by atomic mass is 9.90. The van der Waals surface area contributed by atoms with Crippen LogP contribution in [-0.2, 0) is 9.47 Å². The van der Waals surface area contributed by atoms with E-state index >= 15 is 0 Å². The molecule has 0 bridgehead atoms. The molecule has 0 saturated carbocycles. The molecule has 3 atom stereocenters. The highest BCUT2D eigenvalue weighted by molar-refractivity contribution is 5.14. The molecule has 1 unspecified atom stereocenters. The van der Waals surface area contributed by atoms with Crippen molar-refractivity contribution in [1.82, 2.24) is 0 Å². The molecule has 0 amide bonds. The van der Waals surface area contributed by atoms with Gasteiger partial charge in [-0.3, -0.25) is 0 Å². The van der Waals surface area contributed by atoms with Crippen molar-refractivity contribution in [1.29, 1.82) is 0 Å². The number of ether oxygens (including phenoxy) is 2. The quantitative estimate of drug-likeness (QED) is 0.489. The summed E-state index contributed by atoms with van der Waals surface area (Å²) in [4.78, 5) is 0. The Kier molecular flexibility index (Phi) is 1.43. The zero-order chi connectivity index (χ0) is 7.90. The summed E-state index contributed by atoms with van der Waals surface area (Å²) < 4.78 is 10.4. The van der Waals surface area contributed by atoms with Crippen molar-refractivity contribution in [2.45, 2.75) is 18.3 Å². The maximum absolute atomic E-state index is 9.73. The predicted molar refractivity (Wildman–Crippen MR) is 37.6 cm³/mol. The van der Waals surface area contributed by atoms with Gasteiger partial charge in [-0.25, -0.2) is 0 Å². The fraction of sp³-hybridized carbons (Fsp3) is 0.750. The van der Waals surface area contributed by atoms with Gasteiger partial charge in [0, 0.05) is 0 Å². The van der Waals surface area contributed by atoms with E-state index in [0.717, 1.165) is 6.42 Å². The van der Waals surface area contributed by atoms with Gasteiger partial charge in [0.15, 0.2) is 11.9 Å². The number of hydrogen-bond donors (Lipinski definition) is 1. The third-order valence-electron chi connectivity index (χ3n) is 2.37. The molecule has 2 aliphatic heterocycles. The standard InChI is InChI=1S/C8H10O3/c1-2-8(9)5-11-7-6(8)3-4-10-7/h1,6-7,9H,3-5H2/t6-,7-,8?/m1/s1. The molecule has 1 N–H and O–H groups in total. The first-order valence-corrected chi connectivity index (χ1v) is 3.69. The van der Waals surface area contributed by atoms with E-state index in [4.69, 9.17) is 15.9 Å². The Balaban J connectivity index is 2.22. The summed E-state index contributed by atoms with van der Waals surface area (Å²) >= 11 is 0. The molecular weight excluding hydrogens is 144 g/mol. The average Bonchev–Trinajstić information content (AvgIpc) is 2.55. The van der Waals surface area contributed by atoms with Crippen LogP contribution < -0.4 is 0 Å². The lowest BCUT2D eigenvalue weighted by molar-refractivity contribution is -0.0909. The lowest BCUT2D eigenvalue weighted by Crippen LogP contribution is -2.35. The zero-order valence-electron chi connectivity index (χ0n) is 6.12. The fourth-order valence-corrected chi connectivity index (χ4v) is 1.66. The average molecular weight is 154 g/mol. The Morgan fingerprint density at radius 2 is 2.36 bits per heavy atom. The van der Waals surface area contributed by atoms with Gasteiger partial charge in [-0.2, -0.15) is 0 Å². The Hall–Kier alpha value is -0.560. The van der Waals surface area contributed by atoms with Crippen molar-refractivity contribution in [2.75, 3.05) is 13.2 Å². The van der Waals surface area contributed by atoms with Crippen molar-refractivity contribution in [3.05, 3.63) is 0 Å². The minimum absolute atomic E-state index is 0.0208. The van der Waals surface area contributed by atoms with E-state index in [1.54, 1.807) is 0 Å². The van der Waals surface area contributed by atoms with Crippen LogP contribution in [-0.4, -0.2) is 30.2 Å². The summed E-state index contributed by atoms with van der Waals surface area (Å²) in [5.41, 5.74) is -1.08. The summed E-state index contributed by atoms with van der Waals surface area (Å²) in [5, 5.41) is 9.73. The van der Waals surface area contributed by atoms with Gasteiger partial charge in [-0.15, -0.1) is 6.42 Å². The molecule has 2 aliphatic rings. The summed E-state index contributed by atoms with van der Waals surface area (Å²) in [7, 11) is 0. The SMILES string of the molecule is C#CC1(O)CO[C@H]2OCC[C@H]21. The summed E-state index contributed by atoms with van der Waals surface area (Å²) in [6.45, 7) is 0.845. The lowest BCUT2D eigenvalue weighted by Gasteiger charge is -2.18. The van der Waals surface area contributed by atoms with Gasteiger partial charge >= 0.3 is 0 Å². The van der Waals surface area contributed by atoms with E-state index in [1.807, 2.05) is 0 Å². The van der Waals surface area contributed by atoms with Crippen LogP contribution in [0.1, 0.15) is 6.42 Å². The van der Waals surface area contributed by atoms with E-state index < -0.39 is 5.60 Å². The molecule has 0 aromatic heterocycles. The molecule has 11 heavy (non-hydrogen) atoms. The molecule has 60 valence electrons. The molecule has 0 aromatic carbocycles. The Morgan fingerprint density at radius 1 is 1.55 bits per heavy atom. The first-order valence-electron chi connectivity index (χ1n) is 3.69. The second kappa shape index (κ2) is 2.21. The smallest absolute Gasteiger partial charge is 0.164 e. The van der Waals surface area contributed by atoms with Crippen LogP contribution in [0.25, 0.3) is 0 Å². The number of rotatable bonds is 0.